The van der Waals surface area contributed by atoms with Gasteiger partial charge in [-0.2, -0.15) is 0 Å². The van der Waals surface area contributed by atoms with Crippen molar-refractivity contribution in [3.05, 3.63) is 29.3 Å². The Labute approximate surface area is 125 Å². The van der Waals surface area contributed by atoms with E-state index in [-0.39, 0.29) is 12.5 Å². The number of amides is 1. The van der Waals surface area contributed by atoms with E-state index >= 15 is 0 Å². The molecule has 0 fully saturated rings. The summed E-state index contributed by atoms with van der Waals surface area (Å²) in [4.78, 5) is 22.9. The van der Waals surface area contributed by atoms with Crippen molar-refractivity contribution in [3.8, 4) is 5.75 Å². The number of aliphatic carboxylic acids is 1. The number of rotatable bonds is 7. The molecule has 1 atom stereocenters. The summed E-state index contributed by atoms with van der Waals surface area (Å²) in [7, 11) is 0. The van der Waals surface area contributed by atoms with E-state index in [2.05, 4.69) is 5.32 Å². The van der Waals surface area contributed by atoms with E-state index in [0.717, 1.165) is 11.1 Å². The number of carbonyl (C=O) groups is 2. The number of carbonyl (C=O) groups excluding carboxylic acids is 1. The standard InChI is InChI=1S/C16H23NO4/c1-10(2)7-13(16(19)20)17-15(18)9-21-14-8-11(3)5-6-12(14)4/h5-6,8,10,13H,7,9H2,1-4H3,(H,17,18)(H,19,20)/t13-/m1/s1. The Morgan fingerprint density at radius 1 is 1.29 bits per heavy atom. The smallest absolute Gasteiger partial charge is 0.326 e. The lowest BCUT2D eigenvalue weighted by atomic mass is 10.0. The van der Waals surface area contributed by atoms with Gasteiger partial charge in [-0.25, -0.2) is 4.79 Å². The quantitative estimate of drug-likeness (QED) is 0.809. The maximum absolute atomic E-state index is 11.8. The monoisotopic (exact) mass is 293 g/mol. The number of carboxylic acids is 1. The highest BCUT2D eigenvalue weighted by molar-refractivity contribution is 5.84. The highest BCUT2D eigenvalue weighted by Crippen LogP contribution is 2.18. The fourth-order valence-electron chi connectivity index (χ4n) is 1.93. The minimum Gasteiger partial charge on any atom is -0.483 e. The van der Waals surface area contributed by atoms with Gasteiger partial charge in [0.25, 0.3) is 5.91 Å². The van der Waals surface area contributed by atoms with Gasteiger partial charge in [-0.1, -0.05) is 26.0 Å². The van der Waals surface area contributed by atoms with E-state index in [9.17, 15) is 9.59 Å². The molecule has 0 radical (unpaired) electrons. The number of ether oxygens (including phenoxy) is 1. The van der Waals surface area contributed by atoms with E-state index in [0.29, 0.717) is 12.2 Å². The van der Waals surface area contributed by atoms with Crippen molar-refractivity contribution in [2.24, 2.45) is 5.92 Å². The number of carboxylic acid groups (broad SMARTS) is 1. The van der Waals surface area contributed by atoms with Crippen molar-refractivity contribution in [3.63, 3.8) is 0 Å². The van der Waals surface area contributed by atoms with Crippen molar-refractivity contribution >= 4 is 11.9 Å². The average Bonchev–Trinajstić information content (AvgIpc) is 2.38. The van der Waals surface area contributed by atoms with E-state index in [4.69, 9.17) is 9.84 Å². The van der Waals surface area contributed by atoms with Crippen LogP contribution in [0, 0.1) is 19.8 Å². The third-order valence-corrected chi connectivity index (χ3v) is 3.04. The Balaban J connectivity index is 2.56. The molecule has 1 amide bonds. The van der Waals surface area contributed by atoms with Crippen LogP contribution in [0.1, 0.15) is 31.4 Å². The maximum Gasteiger partial charge on any atom is 0.326 e. The summed E-state index contributed by atoms with van der Waals surface area (Å²) in [6, 6.07) is 4.86. The first-order chi connectivity index (χ1) is 9.79. The number of nitrogens with one attached hydrogen (secondary N) is 1. The van der Waals surface area contributed by atoms with Gasteiger partial charge in [-0.05, 0) is 43.4 Å². The van der Waals surface area contributed by atoms with E-state index < -0.39 is 17.9 Å². The molecule has 0 spiro atoms. The molecule has 1 aromatic carbocycles. The minimum atomic E-state index is -1.02. The molecule has 0 heterocycles. The lowest BCUT2D eigenvalue weighted by Crippen LogP contribution is -2.43. The highest BCUT2D eigenvalue weighted by atomic mass is 16.5. The zero-order chi connectivity index (χ0) is 16.0. The van der Waals surface area contributed by atoms with Crippen LogP contribution >= 0.6 is 0 Å². The molecule has 0 aliphatic rings. The Kier molecular flexibility index (Phi) is 6.21. The topological polar surface area (TPSA) is 75.6 Å². The molecule has 116 valence electrons. The Morgan fingerprint density at radius 2 is 1.95 bits per heavy atom. The van der Waals surface area contributed by atoms with Gasteiger partial charge in [-0.3, -0.25) is 4.79 Å². The van der Waals surface area contributed by atoms with Gasteiger partial charge >= 0.3 is 5.97 Å². The SMILES string of the molecule is Cc1ccc(C)c(OCC(=O)N[C@H](CC(C)C)C(=O)O)c1. The van der Waals surface area contributed by atoms with Crippen molar-refractivity contribution in [2.75, 3.05) is 6.61 Å². The molecule has 0 unspecified atom stereocenters. The van der Waals surface area contributed by atoms with Gasteiger partial charge in [0.1, 0.15) is 11.8 Å². The van der Waals surface area contributed by atoms with Gasteiger partial charge in [0.15, 0.2) is 6.61 Å². The fraction of sp³-hybridized carbons (Fsp3) is 0.500. The third-order valence-electron chi connectivity index (χ3n) is 3.04. The molecule has 2 N–H and O–H groups in total. The molecule has 1 rings (SSSR count). The number of hydrogen-bond donors (Lipinski definition) is 2. The number of benzene rings is 1. The summed E-state index contributed by atoms with van der Waals surface area (Å²) in [5, 5.41) is 11.6. The maximum atomic E-state index is 11.8. The molecule has 5 heteroatoms. The van der Waals surface area contributed by atoms with Gasteiger partial charge in [0.2, 0.25) is 0 Å². The first kappa shape index (κ1) is 17.0. The van der Waals surface area contributed by atoms with Crippen LogP contribution in [0.4, 0.5) is 0 Å². The lowest BCUT2D eigenvalue weighted by molar-refractivity contribution is -0.142. The van der Waals surface area contributed by atoms with Crippen molar-refractivity contribution < 1.29 is 19.4 Å². The summed E-state index contributed by atoms with van der Waals surface area (Å²) < 4.78 is 5.46. The normalized spacial score (nSPS) is 12.0. The summed E-state index contributed by atoms with van der Waals surface area (Å²) in [6.07, 6.45) is 0.393. The molecule has 1 aromatic rings. The second-order valence-corrected chi connectivity index (χ2v) is 5.65. The van der Waals surface area contributed by atoms with Gasteiger partial charge in [0, 0.05) is 0 Å². The summed E-state index contributed by atoms with van der Waals surface area (Å²) in [6.45, 7) is 7.47. The molecular weight excluding hydrogens is 270 g/mol. The van der Waals surface area contributed by atoms with E-state index in [1.54, 1.807) is 0 Å². The second-order valence-electron chi connectivity index (χ2n) is 5.65. The van der Waals surface area contributed by atoms with Crippen LogP contribution in [0.5, 0.6) is 5.75 Å². The largest absolute Gasteiger partial charge is 0.483 e. The van der Waals surface area contributed by atoms with Gasteiger partial charge in [-0.15, -0.1) is 0 Å². The van der Waals surface area contributed by atoms with Crippen LogP contribution < -0.4 is 10.1 Å². The van der Waals surface area contributed by atoms with E-state index in [1.165, 1.54) is 0 Å². The predicted molar refractivity (Wildman–Crippen MR) is 80.4 cm³/mol. The first-order valence-corrected chi connectivity index (χ1v) is 7.01. The summed E-state index contributed by atoms with van der Waals surface area (Å²) >= 11 is 0. The highest BCUT2D eigenvalue weighted by Gasteiger charge is 2.21. The van der Waals surface area contributed by atoms with Gasteiger partial charge in [0.05, 0.1) is 0 Å². The lowest BCUT2D eigenvalue weighted by Gasteiger charge is -2.17. The second kappa shape index (κ2) is 7.67. The first-order valence-electron chi connectivity index (χ1n) is 7.01. The molecule has 21 heavy (non-hydrogen) atoms. The van der Waals surface area contributed by atoms with Crippen molar-refractivity contribution in [2.45, 2.75) is 40.2 Å². The van der Waals surface area contributed by atoms with Crippen LogP contribution in [-0.4, -0.2) is 29.6 Å². The van der Waals surface area contributed by atoms with E-state index in [1.807, 2.05) is 45.9 Å². The zero-order valence-corrected chi connectivity index (χ0v) is 13.0. The van der Waals surface area contributed by atoms with Crippen LogP contribution in [-0.2, 0) is 9.59 Å². The molecule has 0 saturated carbocycles. The van der Waals surface area contributed by atoms with Crippen LogP contribution in [0.25, 0.3) is 0 Å². The molecule has 0 aliphatic carbocycles. The summed E-state index contributed by atoms with van der Waals surface area (Å²) in [5.74, 6) is -0.625. The molecule has 0 saturated heterocycles. The Bertz CT molecular complexity index is 511. The third kappa shape index (κ3) is 5.85. The number of hydrogen-bond acceptors (Lipinski definition) is 3. The molecule has 0 aromatic heterocycles. The molecule has 5 nitrogen and oxygen atoms in total. The molecule has 0 aliphatic heterocycles. The Hall–Kier alpha value is -2.04. The molecular formula is C16H23NO4. The van der Waals surface area contributed by atoms with Crippen LogP contribution in [0.3, 0.4) is 0 Å². The van der Waals surface area contributed by atoms with Crippen LogP contribution in [0.15, 0.2) is 18.2 Å². The van der Waals surface area contributed by atoms with Crippen LogP contribution in [0.2, 0.25) is 0 Å². The zero-order valence-electron chi connectivity index (χ0n) is 13.0. The van der Waals surface area contributed by atoms with Gasteiger partial charge < -0.3 is 15.2 Å². The average molecular weight is 293 g/mol. The Morgan fingerprint density at radius 3 is 2.52 bits per heavy atom. The summed E-state index contributed by atoms with van der Waals surface area (Å²) in [5.41, 5.74) is 1.98. The predicted octanol–water partition coefficient (Wildman–Crippen LogP) is 2.30. The molecule has 0 bridgehead atoms. The van der Waals surface area contributed by atoms with Crippen molar-refractivity contribution in [1.82, 2.24) is 5.32 Å². The number of aryl methyl sites for hydroxylation is 2. The fourth-order valence-corrected chi connectivity index (χ4v) is 1.93. The minimum absolute atomic E-state index is 0.186. The van der Waals surface area contributed by atoms with Crippen molar-refractivity contribution in [1.29, 1.82) is 0 Å².